The quantitative estimate of drug-likeness (QED) is 0.494. The Morgan fingerprint density at radius 1 is 1.62 bits per heavy atom. The van der Waals surface area contributed by atoms with Crippen molar-refractivity contribution in [1.82, 2.24) is 0 Å². The molecule has 67 valence electrons. The van der Waals surface area contributed by atoms with Crippen LogP contribution in [0.15, 0.2) is 22.7 Å². The van der Waals surface area contributed by atoms with Gasteiger partial charge < -0.3 is 9.68 Å². The lowest BCUT2D eigenvalue weighted by Crippen LogP contribution is -2.02. The SMILES string of the molecule is O=[N+]([O-])c1ccc(Br)cc1O[B]O. The standard InChI is InChI=1S/C6H4BBrNO4/c8-4-1-2-5(9(11)12)6(3-4)13-7-10/h1-3,10H. The van der Waals surface area contributed by atoms with E-state index in [1.54, 1.807) is 0 Å². The summed E-state index contributed by atoms with van der Waals surface area (Å²) in [7, 11) is 0.398. The van der Waals surface area contributed by atoms with Gasteiger partial charge in [-0.1, -0.05) is 15.9 Å². The molecule has 7 heteroatoms. The number of hydrogen-bond donors (Lipinski definition) is 1. The molecule has 0 amide bonds. The molecule has 13 heavy (non-hydrogen) atoms. The van der Waals surface area contributed by atoms with Gasteiger partial charge in [0, 0.05) is 10.5 Å². The van der Waals surface area contributed by atoms with Gasteiger partial charge in [-0.2, -0.15) is 0 Å². The summed E-state index contributed by atoms with van der Waals surface area (Å²) in [4.78, 5) is 9.83. The molecular formula is C6H4BBrNO4. The first-order chi connectivity index (χ1) is 6.15. The average Bonchev–Trinajstić information content (AvgIpc) is 2.04. The molecule has 0 fully saturated rings. The van der Waals surface area contributed by atoms with E-state index in [1.165, 1.54) is 18.2 Å². The third kappa shape index (κ3) is 2.43. The van der Waals surface area contributed by atoms with Crippen molar-refractivity contribution in [2.75, 3.05) is 0 Å². The number of nitro benzene ring substituents is 1. The zero-order valence-electron chi connectivity index (χ0n) is 6.31. The van der Waals surface area contributed by atoms with E-state index >= 15 is 0 Å². The number of rotatable bonds is 3. The highest BCUT2D eigenvalue weighted by Crippen LogP contribution is 2.29. The number of nitrogens with zero attached hydrogens (tertiary/aromatic N) is 1. The van der Waals surface area contributed by atoms with Crippen LogP contribution in [0.25, 0.3) is 0 Å². The molecule has 1 aromatic rings. The Kier molecular flexibility index (Phi) is 3.27. The van der Waals surface area contributed by atoms with E-state index < -0.39 is 4.92 Å². The van der Waals surface area contributed by atoms with Gasteiger partial charge in [0.05, 0.1) is 4.92 Å². The highest BCUT2D eigenvalue weighted by atomic mass is 79.9. The molecule has 0 aliphatic heterocycles. The molecule has 0 aromatic heterocycles. The normalized spacial score (nSPS) is 9.38. The van der Waals surface area contributed by atoms with Crippen LogP contribution in [0.3, 0.4) is 0 Å². The summed E-state index contributed by atoms with van der Waals surface area (Å²) >= 11 is 3.12. The molecule has 1 N–H and O–H groups in total. The molecule has 0 saturated carbocycles. The molecule has 0 aliphatic carbocycles. The van der Waals surface area contributed by atoms with E-state index in [0.717, 1.165) is 0 Å². The van der Waals surface area contributed by atoms with Crippen molar-refractivity contribution in [2.24, 2.45) is 0 Å². The lowest BCUT2D eigenvalue weighted by molar-refractivity contribution is -0.385. The largest absolute Gasteiger partial charge is 0.569 e. The average molecular weight is 245 g/mol. The smallest absolute Gasteiger partial charge is 0.533 e. The van der Waals surface area contributed by atoms with Crippen molar-refractivity contribution in [1.29, 1.82) is 0 Å². The van der Waals surface area contributed by atoms with E-state index in [2.05, 4.69) is 20.6 Å². The Labute approximate surface area is 82.9 Å². The molecule has 1 radical (unpaired) electrons. The maximum absolute atomic E-state index is 10.4. The van der Waals surface area contributed by atoms with Gasteiger partial charge in [-0.25, -0.2) is 0 Å². The van der Waals surface area contributed by atoms with Crippen molar-refractivity contribution < 1.29 is 14.6 Å². The van der Waals surface area contributed by atoms with Crippen LogP contribution in [0.1, 0.15) is 0 Å². The van der Waals surface area contributed by atoms with Crippen molar-refractivity contribution in [3.8, 4) is 5.75 Å². The molecular weight excluding hydrogens is 241 g/mol. The molecule has 1 rings (SSSR count). The minimum absolute atomic E-state index is 0.0122. The second-order valence-corrected chi connectivity index (χ2v) is 3.01. The van der Waals surface area contributed by atoms with Crippen molar-refractivity contribution >= 4 is 29.3 Å². The topological polar surface area (TPSA) is 72.6 Å². The predicted molar refractivity (Wildman–Crippen MR) is 49.4 cm³/mol. The van der Waals surface area contributed by atoms with Crippen molar-refractivity contribution in [2.45, 2.75) is 0 Å². The third-order valence-electron chi connectivity index (χ3n) is 1.30. The van der Waals surface area contributed by atoms with Gasteiger partial charge in [-0.15, -0.1) is 0 Å². The predicted octanol–water partition coefficient (Wildman–Crippen LogP) is 1.26. The summed E-state index contributed by atoms with van der Waals surface area (Å²) in [5, 5.41) is 18.8. The molecule has 1 aromatic carbocycles. The van der Waals surface area contributed by atoms with Crippen LogP contribution in [-0.2, 0) is 0 Å². The molecule has 5 nitrogen and oxygen atoms in total. The first-order valence-corrected chi connectivity index (χ1v) is 4.01. The maximum Gasteiger partial charge on any atom is 0.569 e. The van der Waals surface area contributed by atoms with Crippen LogP contribution < -0.4 is 4.65 Å². The fourth-order valence-electron chi connectivity index (χ4n) is 0.790. The minimum atomic E-state index is -0.592. The minimum Gasteiger partial charge on any atom is -0.533 e. The Hall–Kier alpha value is -1.08. The second-order valence-electron chi connectivity index (χ2n) is 2.09. The van der Waals surface area contributed by atoms with E-state index in [0.29, 0.717) is 12.2 Å². The number of hydrogen-bond acceptors (Lipinski definition) is 4. The zero-order valence-corrected chi connectivity index (χ0v) is 7.89. The summed E-state index contributed by atoms with van der Waals surface area (Å²) in [6.45, 7) is 0. The Morgan fingerprint density at radius 3 is 2.85 bits per heavy atom. The van der Waals surface area contributed by atoms with Crippen LogP contribution >= 0.6 is 15.9 Å². The van der Waals surface area contributed by atoms with Crippen LogP contribution in [0.4, 0.5) is 5.69 Å². The van der Waals surface area contributed by atoms with Gasteiger partial charge in [0.2, 0.25) is 0 Å². The van der Waals surface area contributed by atoms with Crippen LogP contribution in [0, 0.1) is 10.1 Å². The van der Waals surface area contributed by atoms with Gasteiger partial charge >= 0.3 is 13.4 Å². The highest BCUT2D eigenvalue weighted by molar-refractivity contribution is 9.10. The highest BCUT2D eigenvalue weighted by Gasteiger charge is 2.14. The third-order valence-corrected chi connectivity index (χ3v) is 1.79. The Balaban J connectivity index is 3.10. The molecule has 0 heterocycles. The summed E-state index contributed by atoms with van der Waals surface area (Å²) in [6, 6.07) is 4.19. The lowest BCUT2D eigenvalue weighted by Gasteiger charge is -2.02. The number of benzene rings is 1. The van der Waals surface area contributed by atoms with Gasteiger partial charge in [-0.3, -0.25) is 10.1 Å². The van der Waals surface area contributed by atoms with E-state index in [9.17, 15) is 10.1 Å². The molecule has 0 saturated heterocycles. The molecule has 0 atom stereocenters. The molecule has 0 spiro atoms. The fourth-order valence-corrected chi connectivity index (χ4v) is 1.13. The fraction of sp³-hybridized carbons (Fsp3) is 0. The summed E-state index contributed by atoms with van der Waals surface area (Å²) in [6.07, 6.45) is 0. The van der Waals surface area contributed by atoms with E-state index in [4.69, 9.17) is 5.02 Å². The van der Waals surface area contributed by atoms with Crippen LogP contribution in [-0.4, -0.2) is 17.6 Å². The summed E-state index contributed by atoms with van der Waals surface area (Å²) < 4.78 is 5.17. The molecule has 0 aliphatic rings. The van der Waals surface area contributed by atoms with Gasteiger partial charge in [-0.05, 0) is 12.1 Å². The second kappa shape index (κ2) is 4.24. The first-order valence-electron chi connectivity index (χ1n) is 3.21. The summed E-state index contributed by atoms with van der Waals surface area (Å²) in [5.41, 5.74) is -0.200. The van der Waals surface area contributed by atoms with E-state index in [1.807, 2.05) is 0 Å². The first kappa shape index (κ1) is 10.0. The van der Waals surface area contributed by atoms with E-state index in [-0.39, 0.29) is 11.4 Å². The molecule has 0 bridgehead atoms. The molecule has 0 unspecified atom stereocenters. The lowest BCUT2D eigenvalue weighted by atomic mass is 10.3. The summed E-state index contributed by atoms with van der Waals surface area (Å²) in [5.74, 6) is -0.0122. The number of nitro groups is 1. The maximum atomic E-state index is 10.4. The van der Waals surface area contributed by atoms with Crippen LogP contribution in [0.5, 0.6) is 5.75 Å². The zero-order chi connectivity index (χ0) is 9.84. The van der Waals surface area contributed by atoms with Gasteiger partial charge in [0.25, 0.3) is 0 Å². The Bertz CT molecular complexity index is 332. The Morgan fingerprint density at radius 2 is 2.31 bits per heavy atom. The van der Waals surface area contributed by atoms with Crippen molar-refractivity contribution in [3.05, 3.63) is 32.8 Å². The monoisotopic (exact) mass is 244 g/mol. The number of halogens is 1. The van der Waals surface area contributed by atoms with Crippen molar-refractivity contribution in [3.63, 3.8) is 0 Å². The van der Waals surface area contributed by atoms with Gasteiger partial charge in [0.15, 0.2) is 5.75 Å². The van der Waals surface area contributed by atoms with Gasteiger partial charge in [0.1, 0.15) is 0 Å². The van der Waals surface area contributed by atoms with Crippen LogP contribution in [0.2, 0.25) is 0 Å².